The summed E-state index contributed by atoms with van der Waals surface area (Å²) in [6.07, 6.45) is 3.48. The van der Waals surface area contributed by atoms with Crippen LogP contribution in [0.4, 0.5) is 0 Å². The van der Waals surface area contributed by atoms with E-state index in [9.17, 15) is 14.4 Å². The molecule has 0 bridgehead atoms. The van der Waals surface area contributed by atoms with Gasteiger partial charge in [-0.3, -0.25) is 0 Å². The van der Waals surface area contributed by atoms with Crippen LogP contribution in [0.5, 0.6) is 0 Å². The summed E-state index contributed by atoms with van der Waals surface area (Å²) in [7, 11) is 0. The van der Waals surface area contributed by atoms with Crippen LogP contribution in [0.3, 0.4) is 0 Å². The number of carbonyl (C=O) groups excluding carboxylic acids is 3. The van der Waals surface area contributed by atoms with Gasteiger partial charge in [-0.05, 0) is 0 Å². The summed E-state index contributed by atoms with van der Waals surface area (Å²) < 4.78 is 19.2. The number of hydrogen-bond acceptors (Lipinski definition) is 6. The molecule has 6 aromatic carbocycles. The van der Waals surface area contributed by atoms with Crippen LogP contribution in [0, 0.1) is 0 Å². The van der Waals surface area contributed by atoms with Crippen molar-refractivity contribution in [2.45, 2.75) is 50.2 Å². The van der Waals surface area contributed by atoms with Gasteiger partial charge >= 0.3 is 309 Å². The zero-order valence-electron chi connectivity index (χ0n) is 29.4. The summed E-state index contributed by atoms with van der Waals surface area (Å²) in [4.78, 5) is 44.4. The molecule has 1 atom stereocenters. The first-order valence-electron chi connectivity index (χ1n) is 17.8. The second kappa shape index (κ2) is 13.4. The molecule has 0 saturated carbocycles. The molecule has 0 spiro atoms. The Hall–Kier alpha value is -5.30. The van der Waals surface area contributed by atoms with Gasteiger partial charge in [0, 0.05) is 0 Å². The zero-order valence-corrected chi connectivity index (χ0v) is 31.0. The number of rotatable bonds is 7. The molecular formula is C45H38O6Ti. The summed E-state index contributed by atoms with van der Waals surface area (Å²) >= 11 is -5.67. The zero-order chi connectivity index (χ0) is 36.0. The molecule has 0 aliphatic heterocycles. The van der Waals surface area contributed by atoms with Gasteiger partial charge in [0.1, 0.15) is 0 Å². The van der Waals surface area contributed by atoms with E-state index < -0.39 is 39.4 Å². The Morgan fingerprint density at radius 3 is 1.31 bits per heavy atom. The normalized spacial score (nSPS) is 17.4. The van der Waals surface area contributed by atoms with E-state index in [0.29, 0.717) is 39.3 Å². The van der Waals surface area contributed by atoms with Crippen molar-refractivity contribution in [3.05, 3.63) is 166 Å². The fourth-order valence-corrected chi connectivity index (χ4v) is 13.1. The molecule has 0 radical (unpaired) electrons. The predicted molar refractivity (Wildman–Crippen MR) is 200 cm³/mol. The van der Waals surface area contributed by atoms with Crippen LogP contribution in [-0.4, -0.2) is 17.9 Å². The van der Waals surface area contributed by atoms with Gasteiger partial charge in [0.2, 0.25) is 0 Å². The number of fused-ring (bicyclic) bond motifs is 3. The van der Waals surface area contributed by atoms with E-state index in [1.807, 2.05) is 105 Å². The third-order valence-corrected chi connectivity index (χ3v) is 16.3. The Kier molecular flexibility index (Phi) is 8.69. The van der Waals surface area contributed by atoms with Crippen LogP contribution in [-0.2, 0) is 27.7 Å². The molecule has 1 unspecified atom stereocenters. The Bertz CT molecular complexity index is 2270. The quantitative estimate of drug-likeness (QED) is 0.153. The van der Waals surface area contributed by atoms with Crippen molar-refractivity contribution < 1.29 is 42.1 Å². The standard InChI is InChI=1S/C12H17.3C11H8O2.Ti/c1-8-9(2)11-6-4-5-7-12(11)10(8)3;3*12-11(13)10-7-3-5-8-4-1-2-6-9(8)10;/h4-7H2,1-3H3;3*1-7H,(H,12,13);/q;;;;+3/p-3. The number of carbonyl (C=O) groups is 3. The monoisotopic (exact) mass is 722 g/mol. The number of allylic oxidation sites excluding steroid dienone is 4. The molecule has 0 aromatic heterocycles. The molecule has 0 amide bonds. The topological polar surface area (TPSA) is 78.9 Å². The van der Waals surface area contributed by atoms with Crippen LogP contribution < -0.4 is 0 Å². The Labute approximate surface area is 307 Å². The molecule has 2 aliphatic rings. The number of benzene rings is 6. The summed E-state index contributed by atoms with van der Waals surface area (Å²) in [5.74, 6) is -2.11. The Balaban J connectivity index is 1.36. The molecule has 7 heteroatoms. The Morgan fingerprint density at radius 1 is 0.519 bits per heavy atom. The fraction of sp³-hybridized carbons (Fsp3) is 0.178. The van der Waals surface area contributed by atoms with Crippen LogP contribution in [0.2, 0.25) is 3.72 Å². The van der Waals surface area contributed by atoms with Gasteiger partial charge in [0.05, 0.1) is 0 Å². The van der Waals surface area contributed by atoms with Crippen molar-refractivity contribution in [1.82, 2.24) is 0 Å². The SMILES string of the molecule is CC1=C(C)[C](C)([Ti]([O]C(=O)c2cccc3ccccc23)([O]C(=O)c2cccc3ccccc23)[O]C(=O)c2cccc3ccccc23)C2=C1CCCC2. The van der Waals surface area contributed by atoms with Gasteiger partial charge in [0.15, 0.2) is 0 Å². The fourth-order valence-electron chi connectivity index (χ4n) is 8.22. The van der Waals surface area contributed by atoms with E-state index in [1.165, 1.54) is 5.57 Å². The first-order chi connectivity index (χ1) is 25.2. The van der Waals surface area contributed by atoms with Crippen molar-refractivity contribution in [2.24, 2.45) is 0 Å². The molecule has 258 valence electrons. The van der Waals surface area contributed by atoms with Crippen molar-refractivity contribution in [3.8, 4) is 0 Å². The van der Waals surface area contributed by atoms with E-state index in [1.54, 1.807) is 36.4 Å². The second-order valence-electron chi connectivity index (χ2n) is 13.8. The van der Waals surface area contributed by atoms with Crippen LogP contribution in [0.1, 0.15) is 77.5 Å². The van der Waals surface area contributed by atoms with Gasteiger partial charge in [-0.15, -0.1) is 0 Å². The van der Waals surface area contributed by atoms with Gasteiger partial charge < -0.3 is 0 Å². The molecular weight excluding hydrogens is 684 g/mol. The average Bonchev–Trinajstić information content (AvgIpc) is 3.38. The summed E-state index contributed by atoms with van der Waals surface area (Å²) in [6, 6.07) is 38.9. The molecule has 0 saturated heterocycles. The van der Waals surface area contributed by atoms with Crippen LogP contribution >= 0.6 is 0 Å². The molecule has 0 N–H and O–H groups in total. The van der Waals surface area contributed by atoms with Crippen molar-refractivity contribution in [1.29, 1.82) is 0 Å². The van der Waals surface area contributed by atoms with E-state index in [2.05, 4.69) is 6.92 Å². The third kappa shape index (κ3) is 5.49. The first-order valence-corrected chi connectivity index (χ1v) is 20.5. The number of hydrogen-bond donors (Lipinski definition) is 0. The predicted octanol–water partition coefficient (Wildman–Crippen LogP) is 11.3. The van der Waals surface area contributed by atoms with Crippen molar-refractivity contribution >= 4 is 50.2 Å². The molecule has 6 nitrogen and oxygen atoms in total. The summed E-state index contributed by atoms with van der Waals surface area (Å²) in [6.45, 7) is 6.03. The average molecular weight is 723 g/mol. The summed E-state index contributed by atoms with van der Waals surface area (Å²) in [5, 5.41) is 4.62. The molecule has 8 rings (SSSR count). The molecule has 6 aromatic rings. The van der Waals surface area contributed by atoms with Gasteiger partial charge in [-0.1, -0.05) is 0 Å². The molecule has 0 heterocycles. The summed E-state index contributed by atoms with van der Waals surface area (Å²) in [5.41, 5.74) is 5.05. The van der Waals surface area contributed by atoms with Crippen molar-refractivity contribution in [2.75, 3.05) is 0 Å². The third-order valence-electron chi connectivity index (χ3n) is 11.2. The maximum atomic E-state index is 14.8. The van der Waals surface area contributed by atoms with Crippen LogP contribution in [0.15, 0.2) is 150 Å². The maximum absolute atomic E-state index is 14.8. The van der Waals surface area contributed by atoms with Gasteiger partial charge in [-0.25, -0.2) is 0 Å². The van der Waals surface area contributed by atoms with Gasteiger partial charge in [0.25, 0.3) is 0 Å². The molecule has 2 aliphatic carbocycles. The minimum atomic E-state index is -5.67. The molecule has 52 heavy (non-hydrogen) atoms. The van der Waals surface area contributed by atoms with E-state index in [4.69, 9.17) is 9.96 Å². The van der Waals surface area contributed by atoms with E-state index in [0.717, 1.165) is 52.1 Å². The second-order valence-corrected chi connectivity index (χ2v) is 18.1. The van der Waals surface area contributed by atoms with Gasteiger partial charge in [-0.2, -0.15) is 0 Å². The first kappa shape index (κ1) is 33.8. The van der Waals surface area contributed by atoms with E-state index in [-0.39, 0.29) is 0 Å². The Morgan fingerprint density at radius 2 is 0.885 bits per heavy atom. The van der Waals surface area contributed by atoms with Crippen molar-refractivity contribution in [3.63, 3.8) is 0 Å². The van der Waals surface area contributed by atoms with E-state index >= 15 is 0 Å². The minimum absolute atomic E-state index is 0.299. The molecule has 0 fully saturated rings. The van der Waals surface area contributed by atoms with Crippen LogP contribution in [0.25, 0.3) is 32.3 Å².